The van der Waals surface area contributed by atoms with Crippen LogP contribution in [0.15, 0.2) is 36.4 Å². The van der Waals surface area contributed by atoms with Crippen molar-refractivity contribution in [2.75, 3.05) is 26.4 Å². The van der Waals surface area contributed by atoms with Gasteiger partial charge in [-0.2, -0.15) is 0 Å². The van der Waals surface area contributed by atoms with E-state index in [1.165, 1.54) is 0 Å². The van der Waals surface area contributed by atoms with Crippen molar-refractivity contribution in [2.24, 2.45) is 0 Å². The predicted molar refractivity (Wildman–Crippen MR) is 120 cm³/mol. The van der Waals surface area contributed by atoms with Crippen LogP contribution in [0.1, 0.15) is 84.0 Å². The van der Waals surface area contributed by atoms with Gasteiger partial charge in [0.15, 0.2) is 0 Å². The fourth-order valence-electron chi connectivity index (χ4n) is 3.22. The SMILES string of the molecule is CC(CO)c1cc(OC(=O)c2cc(C(C)CO)cc(C(C)CO)c2)cc(C(C)CO)c1. The number of ether oxygens (including phenoxy) is 1. The Kier molecular flexibility index (Phi) is 9.19. The van der Waals surface area contributed by atoms with E-state index in [9.17, 15) is 25.2 Å². The van der Waals surface area contributed by atoms with Gasteiger partial charge in [-0.1, -0.05) is 39.8 Å². The van der Waals surface area contributed by atoms with Crippen LogP contribution in [0.5, 0.6) is 5.75 Å². The van der Waals surface area contributed by atoms with E-state index in [2.05, 4.69) is 0 Å². The molecule has 0 aliphatic rings. The topological polar surface area (TPSA) is 107 Å². The number of hydrogen-bond donors (Lipinski definition) is 4. The summed E-state index contributed by atoms with van der Waals surface area (Å²) < 4.78 is 5.68. The smallest absolute Gasteiger partial charge is 0.343 e. The highest BCUT2D eigenvalue weighted by Crippen LogP contribution is 2.29. The van der Waals surface area contributed by atoms with Gasteiger partial charge in [0, 0.05) is 50.1 Å². The van der Waals surface area contributed by atoms with Gasteiger partial charge in [0.05, 0.1) is 5.56 Å². The molecule has 6 nitrogen and oxygen atoms in total. The maximum absolute atomic E-state index is 13.0. The van der Waals surface area contributed by atoms with Crippen LogP contribution in [0.4, 0.5) is 0 Å². The number of benzene rings is 2. The predicted octanol–water partition coefficient (Wildman–Crippen LogP) is 3.29. The van der Waals surface area contributed by atoms with Crippen molar-refractivity contribution in [1.82, 2.24) is 0 Å². The molecule has 0 bridgehead atoms. The van der Waals surface area contributed by atoms with Crippen LogP contribution in [0.3, 0.4) is 0 Å². The monoisotopic (exact) mass is 430 g/mol. The number of aliphatic hydroxyl groups excluding tert-OH is 4. The van der Waals surface area contributed by atoms with Crippen LogP contribution in [0, 0.1) is 0 Å². The molecule has 2 rings (SSSR count). The molecule has 4 atom stereocenters. The lowest BCUT2D eigenvalue weighted by Crippen LogP contribution is -2.13. The first kappa shape index (κ1) is 25.0. The third-order valence-electron chi connectivity index (χ3n) is 5.75. The molecule has 0 radical (unpaired) electrons. The molecule has 0 fully saturated rings. The van der Waals surface area contributed by atoms with Crippen molar-refractivity contribution in [3.8, 4) is 5.75 Å². The normalized spacial score (nSPS) is 15.2. The lowest BCUT2D eigenvalue weighted by molar-refractivity contribution is 0.0734. The Labute approximate surface area is 184 Å². The van der Waals surface area contributed by atoms with Gasteiger partial charge in [-0.15, -0.1) is 0 Å². The zero-order chi connectivity index (χ0) is 23.1. The largest absolute Gasteiger partial charge is 0.423 e. The third-order valence-corrected chi connectivity index (χ3v) is 5.75. The summed E-state index contributed by atoms with van der Waals surface area (Å²) in [6, 6.07) is 10.7. The van der Waals surface area contributed by atoms with E-state index in [0.29, 0.717) is 11.3 Å². The molecule has 0 spiro atoms. The first-order valence-corrected chi connectivity index (χ1v) is 10.7. The number of carbonyl (C=O) groups excluding carboxylic acids is 1. The van der Waals surface area contributed by atoms with Gasteiger partial charge in [0.1, 0.15) is 5.75 Å². The van der Waals surface area contributed by atoms with Gasteiger partial charge >= 0.3 is 5.97 Å². The lowest BCUT2D eigenvalue weighted by atomic mass is 9.92. The summed E-state index contributed by atoms with van der Waals surface area (Å²) in [4.78, 5) is 13.0. The van der Waals surface area contributed by atoms with Crippen molar-refractivity contribution in [2.45, 2.75) is 51.4 Å². The Hall–Kier alpha value is -2.25. The van der Waals surface area contributed by atoms with Gasteiger partial charge in [0.25, 0.3) is 0 Å². The molecule has 0 aliphatic heterocycles. The van der Waals surface area contributed by atoms with Crippen LogP contribution < -0.4 is 4.74 Å². The maximum atomic E-state index is 13.0. The van der Waals surface area contributed by atoms with Crippen molar-refractivity contribution >= 4 is 5.97 Å². The standard InChI is InChI=1S/C25H34O6/c1-15(11-26)19-5-20(16(2)12-27)8-23(7-19)25(30)31-24-9-21(17(3)13-28)6-22(10-24)18(4)14-29/h5-10,15-18,26-29H,11-14H2,1-4H3. The first-order chi connectivity index (χ1) is 14.7. The Balaban J connectivity index is 2.43. The molecule has 4 unspecified atom stereocenters. The van der Waals surface area contributed by atoms with E-state index < -0.39 is 5.97 Å². The van der Waals surface area contributed by atoms with Crippen LogP contribution in [-0.4, -0.2) is 52.8 Å². The van der Waals surface area contributed by atoms with Gasteiger partial charge < -0.3 is 25.2 Å². The molecule has 2 aromatic carbocycles. The molecular weight excluding hydrogens is 396 g/mol. The molecule has 31 heavy (non-hydrogen) atoms. The molecule has 170 valence electrons. The van der Waals surface area contributed by atoms with E-state index in [0.717, 1.165) is 22.3 Å². The minimum absolute atomic E-state index is 0.0478. The van der Waals surface area contributed by atoms with Crippen LogP contribution >= 0.6 is 0 Å². The highest BCUT2D eigenvalue weighted by molar-refractivity contribution is 5.91. The molecule has 6 heteroatoms. The van der Waals surface area contributed by atoms with Crippen LogP contribution in [0.2, 0.25) is 0 Å². The summed E-state index contributed by atoms with van der Waals surface area (Å²) in [5, 5.41) is 38.2. The minimum atomic E-state index is -0.546. The quantitative estimate of drug-likeness (QED) is 0.340. The van der Waals surface area contributed by atoms with Gasteiger partial charge in [-0.3, -0.25) is 0 Å². The van der Waals surface area contributed by atoms with Gasteiger partial charge in [-0.05, 0) is 46.5 Å². The molecule has 0 aliphatic carbocycles. The summed E-state index contributed by atoms with van der Waals surface area (Å²) in [6.45, 7) is 7.25. The van der Waals surface area contributed by atoms with E-state index in [-0.39, 0.29) is 50.1 Å². The fourth-order valence-corrected chi connectivity index (χ4v) is 3.22. The molecule has 4 N–H and O–H groups in total. The second-order valence-electron chi connectivity index (χ2n) is 8.45. The average Bonchev–Trinajstić information content (AvgIpc) is 2.81. The number of rotatable bonds is 10. The molecule has 0 saturated heterocycles. The highest BCUT2D eigenvalue weighted by atomic mass is 16.5. The molecule has 0 aromatic heterocycles. The molecular formula is C25H34O6. The zero-order valence-corrected chi connectivity index (χ0v) is 18.7. The van der Waals surface area contributed by atoms with Crippen LogP contribution in [0.25, 0.3) is 0 Å². The highest BCUT2D eigenvalue weighted by Gasteiger charge is 2.18. The number of aliphatic hydroxyl groups is 4. The Bertz CT molecular complexity index is 822. The summed E-state index contributed by atoms with van der Waals surface area (Å²) in [6.07, 6.45) is 0. The maximum Gasteiger partial charge on any atom is 0.343 e. The van der Waals surface area contributed by atoms with E-state index in [4.69, 9.17) is 4.74 Å². The third kappa shape index (κ3) is 6.37. The fraction of sp³-hybridized carbons (Fsp3) is 0.480. The van der Waals surface area contributed by atoms with Crippen molar-refractivity contribution < 1.29 is 30.0 Å². The minimum Gasteiger partial charge on any atom is -0.423 e. The van der Waals surface area contributed by atoms with E-state index in [1.54, 1.807) is 24.3 Å². The van der Waals surface area contributed by atoms with Crippen LogP contribution in [-0.2, 0) is 0 Å². The number of carbonyl (C=O) groups is 1. The second-order valence-corrected chi connectivity index (χ2v) is 8.45. The number of hydrogen-bond acceptors (Lipinski definition) is 6. The Morgan fingerprint density at radius 3 is 1.29 bits per heavy atom. The molecule has 0 heterocycles. The summed E-state index contributed by atoms with van der Waals surface area (Å²) in [5.41, 5.74) is 3.57. The van der Waals surface area contributed by atoms with Crippen molar-refractivity contribution in [3.05, 3.63) is 64.2 Å². The Morgan fingerprint density at radius 1 is 0.645 bits per heavy atom. The summed E-state index contributed by atoms with van der Waals surface area (Å²) in [5.74, 6) is -0.820. The number of esters is 1. The van der Waals surface area contributed by atoms with Crippen molar-refractivity contribution in [3.63, 3.8) is 0 Å². The zero-order valence-electron chi connectivity index (χ0n) is 18.7. The summed E-state index contributed by atoms with van der Waals surface area (Å²) >= 11 is 0. The van der Waals surface area contributed by atoms with E-state index in [1.807, 2.05) is 39.8 Å². The molecule has 0 saturated carbocycles. The Morgan fingerprint density at radius 2 is 0.968 bits per heavy atom. The molecule has 0 amide bonds. The van der Waals surface area contributed by atoms with Crippen molar-refractivity contribution in [1.29, 1.82) is 0 Å². The second kappa shape index (κ2) is 11.4. The van der Waals surface area contributed by atoms with Gasteiger partial charge in [0.2, 0.25) is 0 Å². The molecule has 2 aromatic rings. The first-order valence-electron chi connectivity index (χ1n) is 10.7. The van der Waals surface area contributed by atoms with Gasteiger partial charge in [-0.25, -0.2) is 4.79 Å². The average molecular weight is 431 g/mol. The summed E-state index contributed by atoms with van der Waals surface area (Å²) in [7, 11) is 0. The lowest BCUT2D eigenvalue weighted by Gasteiger charge is -2.18. The van der Waals surface area contributed by atoms with E-state index >= 15 is 0 Å².